The van der Waals surface area contributed by atoms with Crippen molar-refractivity contribution < 1.29 is 9.18 Å². The molecule has 1 N–H and O–H groups in total. The number of para-hydroxylation sites is 1. The Morgan fingerprint density at radius 1 is 1.06 bits per heavy atom. The highest BCUT2D eigenvalue weighted by Gasteiger charge is 2.23. The Morgan fingerprint density at radius 2 is 1.79 bits per heavy atom. The summed E-state index contributed by atoms with van der Waals surface area (Å²) in [7, 11) is 1.63. The van der Waals surface area contributed by atoms with E-state index >= 15 is 0 Å². The number of halogens is 1. The fraction of sp³-hybridized carbons (Fsp3) is 0.0833. The molecular weight excluding hydrogens is 423 g/mol. The van der Waals surface area contributed by atoms with Gasteiger partial charge in [0.25, 0.3) is 11.5 Å². The highest BCUT2D eigenvalue weighted by Crippen LogP contribution is 2.22. The molecular formula is C24H19FN6O2. The average molecular weight is 442 g/mol. The van der Waals surface area contributed by atoms with Crippen molar-refractivity contribution in [3.63, 3.8) is 0 Å². The van der Waals surface area contributed by atoms with Crippen LogP contribution in [0.5, 0.6) is 0 Å². The highest BCUT2D eigenvalue weighted by atomic mass is 19.1. The number of benzene rings is 2. The van der Waals surface area contributed by atoms with Crippen LogP contribution in [0, 0.1) is 5.82 Å². The molecule has 0 atom stereocenters. The van der Waals surface area contributed by atoms with Gasteiger partial charge in [0, 0.05) is 19.4 Å². The maximum atomic E-state index is 13.4. The number of hydrogen-bond acceptors (Lipinski definition) is 4. The van der Waals surface area contributed by atoms with Crippen LogP contribution in [0.1, 0.15) is 16.2 Å². The molecule has 0 bridgehead atoms. The lowest BCUT2D eigenvalue weighted by Gasteiger charge is -2.18. The second kappa shape index (κ2) is 8.19. The fourth-order valence-electron chi connectivity index (χ4n) is 3.70. The lowest BCUT2D eigenvalue weighted by Crippen LogP contribution is -2.29. The minimum atomic E-state index is -0.360. The molecule has 0 spiro atoms. The number of amides is 1. The largest absolute Gasteiger partial charge is 0.334 e. The van der Waals surface area contributed by atoms with Crippen molar-refractivity contribution >= 4 is 16.8 Å². The van der Waals surface area contributed by atoms with E-state index in [1.807, 2.05) is 12.1 Å². The van der Waals surface area contributed by atoms with Crippen molar-refractivity contribution in [3.8, 4) is 11.5 Å². The summed E-state index contributed by atoms with van der Waals surface area (Å²) < 4.78 is 16.8. The quantitative estimate of drug-likeness (QED) is 0.452. The molecule has 0 aliphatic carbocycles. The molecule has 1 amide bonds. The Bertz CT molecular complexity index is 1500. The first kappa shape index (κ1) is 20.4. The third kappa shape index (κ3) is 3.80. The molecule has 0 unspecified atom stereocenters. The number of fused-ring (bicyclic) bond motifs is 1. The molecule has 2 aromatic carbocycles. The van der Waals surface area contributed by atoms with Crippen molar-refractivity contribution in [1.29, 1.82) is 0 Å². The molecule has 0 saturated heterocycles. The first-order valence-corrected chi connectivity index (χ1v) is 10.2. The van der Waals surface area contributed by atoms with E-state index in [4.69, 9.17) is 0 Å². The molecule has 0 fully saturated rings. The van der Waals surface area contributed by atoms with Gasteiger partial charge in [-0.1, -0.05) is 12.1 Å². The number of nitrogens with zero attached hydrogens (tertiary/aromatic N) is 5. The van der Waals surface area contributed by atoms with E-state index in [1.54, 1.807) is 65.1 Å². The molecule has 0 aliphatic rings. The van der Waals surface area contributed by atoms with Crippen molar-refractivity contribution in [2.24, 2.45) is 0 Å². The summed E-state index contributed by atoms with van der Waals surface area (Å²) in [5.74, 6) is 0.232. The van der Waals surface area contributed by atoms with E-state index in [-0.39, 0.29) is 23.8 Å². The van der Waals surface area contributed by atoms with Crippen LogP contribution in [0.4, 0.5) is 4.39 Å². The number of H-pyrrole nitrogens is 1. The van der Waals surface area contributed by atoms with Gasteiger partial charge in [0.2, 0.25) is 0 Å². The zero-order valence-corrected chi connectivity index (χ0v) is 17.6. The average Bonchev–Trinajstić information content (AvgIpc) is 3.49. The van der Waals surface area contributed by atoms with Gasteiger partial charge in [0.15, 0.2) is 5.82 Å². The third-order valence-electron chi connectivity index (χ3n) is 5.29. The van der Waals surface area contributed by atoms with Gasteiger partial charge >= 0.3 is 0 Å². The maximum Gasteiger partial charge on any atom is 0.259 e. The predicted octanol–water partition coefficient (Wildman–Crippen LogP) is 3.31. The molecule has 164 valence electrons. The zero-order chi connectivity index (χ0) is 22.9. The monoisotopic (exact) mass is 442 g/mol. The molecule has 0 aliphatic heterocycles. The van der Waals surface area contributed by atoms with Crippen molar-refractivity contribution in [1.82, 2.24) is 29.2 Å². The highest BCUT2D eigenvalue weighted by molar-refractivity contribution is 5.97. The van der Waals surface area contributed by atoms with E-state index in [1.165, 1.54) is 23.2 Å². The number of nitrogens with one attached hydrogen (secondary N) is 1. The van der Waals surface area contributed by atoms with Gasteiger partial charge in [-0.05, 0) is 48.5 Å². The molecule has 33 heavy (non-hydrogen) atoms. The van der Waals surface area contributed by atoms with E-state index < -0.39 is 0 Å². The van der Waals surface area contributed by atoms with Crippen molar-refractivity contribution in [2.75, 3.05) is 7.05 Å². The number of aromatic amines is 1. The van der Waals surface area contributed by atoms with Crippen LogP contribution in [0.25, 0.3) is 22.4 Å². The van der Waals surface area contributed by atoms with Gasteiger partial charge in [-0.25, -0.2) is 14.1 Å². The number of carbonyl (C=O) groups is 1. The van der Waals surface area contributed by atoms with Crippen LogP contribution in [0.2, 0.25) is 0 Å². The summed E-state index contributed by atoms with van der Waals surface area (Å²) in [5, 5.41) is 4.88. The molecule has 5 rings (SSSR count). The van der Waals surface area contributed by atoms with Crippen molar-refractivity contribution in [3.05, 3.63) is 107 Å². The predicted molar refractivity (Wildman–Crippen MR) is 121 cm³/mol. The number of hydrogen-bond donors (Lipinski definition) is 1. The minimum Gasteiger partial charge on any atom is -0.334 e. The maximum absolute atomic E-state index is 13.4. The smallest absolute Gasteiger partial charge is 0.259 e. The van der Waals surface area contributed by atoms with Crippen LogP contribution in [-0.4, -0.2) is 42.2 Å². The van der Waals surface area contributed by atoms with Gasteiger partial charge in [-0.2, -0.15) is 5.10 Å². The molecule has 3 heterocycles. The lowest BCUT2D eigenvalue weighted by atomic mass is 10.2. The Kier molecular flexibility index (Phi) is 5.06. The number of rotatable bonds is 5. The summed E-state index contributed by atoms with van der Waals surface area (Å²) in [6, 6.07) is 16.6. The third-order valence-corrected chi connectivity index (χ3v) is 5.29. The van der Waals surface area contributed by atoms with Crippen LogP contribution < -0.4 is 5.56 Å². The molecule has 0 saturated carbocycles. The van der Waals surface area contributed by atoms with Crippen LogP contribution >= 0.6 is 0 Å². The molecule has 5 aromatic rings. The summed E-state index contributed by atoms with van der Waals surface area (Å²) in [4.78, 5) is 34.4. The SMILES string of the molecule is CN(Cc1nc2ccccc2c(=O)[nH]1)C(=O)c1cnn(-c2ccc(F)cc2)c1-n1cccc1. The van der Waals surface area contributed by atoms with E-state index in [0.29, 0.717) is 33.8 Å². The van der Waals surface area contributed by atoms with Gasteiger partial charge in [-0.15, -0.1) is 0 Å². The van der Waals surface area contributed by atoms with E-state index in [9.17, 15) is 14.0 Å². The molecule has 9 heteroatoms. The van der Waals surface area contributed by atoms with Gasteiger partial charge in [0.05, 0.1) is 29.3 Å². The summed E-state index contributed by atoms with van der Waals surface area (Å²) in [5.41, 5.74) is 1.27. The topological polar surface area (TPSA) is 88.8 Å². The summed E-state index contributed by atoms with van der Waals surface area (Å²) in [6.45, 7) is 0.103. The fourth-order valence-corrected chi connectivity index (χ4v) is 3.70. The molecule has 8 nitrogen and oxygen atoms in total. The number of carbonyl (C=O) groups excluding carboxylic acids is 1. The molecule has 0 radical (unpaired) electrons. The second-order valence-electron chi connectivity index (χ2n) is 7.55. The van der Waals surface area contributed by atoms with E-state index in [0.717, 1.165) is 0 Å². The first-order chi connectivity index (χ1) is 16.0. The van der Waals surface area contributed by atoms with Crippen LogP contribution in [-0.2, 0) is 6.54 Å². The van der Waals surface area contributed by atoms with Gasteiger partial charge < -0.3 is 14.5 Å². The Labute approximate surface area is 187 Å². The van der Waals surface area contributed by atoms with Crippen LogP contribution in [0.15, 0.2) is 84.0 Å². The summed E-state index contributed by atoms with van der Waals surface area (Å²) >= 11 is 0. The first-order valence-electron chi connectivity index (χ1n) is 10.2. The standard InChI is InChI=1S/C24H19FN6O2/c1-29(15-21-27-20-7-3-2-6-18(20)22(32)28-21)24(33)19-14-26-31(17-10-8-16(25)9-11-17)23(19)30-12-4-5-13-30/h2-14H,15H2,1H3,(H,27,28,32). The minimum absolute atomic E-state index is 0.103. The normalized spacial score (nSPS) is 11.1. The molecule has 3 aromatic heterocycles. The summed E-state index contributed by atoms with van der Waals surface area (Å²) in [6.07, 6.45) is 5.08. The zero-order valence-electron chi connectivity index (χ0n) is 17.6. The number of aromatic nitrogens is 5. The van der Waals surface area contributed by atoms with Gasteiger partial charge in [-0.3, -0.25) is 9.59 Å². The van der Waals surface area contributed by atoms with E-state index in [2.05, 4.69) is 15.1 Å². The Hall–Kier alpha value is -4.53. The second-order valence-corrected chi connectivity index (χ2v) is 7.55. The Balaban J connectivity index is 1.51. The van der Waals surface area contributed by atoms with Gasteiger partial charge in [0.1, 0.15) is 17.2 Å². The van der Waals surface area contributed by atoms with Crippen molar-refractivity contribution in [2.45, 2.75) is 6.54 Å². The van der Waals surface area contributed by atoms with Crippen LogP contribution in [0.3, 0.4) is 0 Å². The lowest BCUT2D eigenvalue weighted by molar-refractivity contribution is 0.0781. The Morgan fingerprint density at radius 3 is 2.55 bits per heavy atom.